The van der Waals surface area contributed by atoms with Crippen molar-refractivity contribution in [2.75, 3.05) is 0 Å². The zero-order valence-corrected chi connectivity index (χ0v) is 27.2. The van der Waals surface area contributed by atoms with Crippen molar-refractivity contribution in [3.05, 3.63) is 163 Å². The van der Waals surface area contributed by atoms with Crippen molar-refractivity contribution in [3.63, 3.8) is 0 Å². The molecule has 0 unspecified atom stereocenters. The van der Waals surface area contributed by atoms with Crippen LogP contribution >= 0.6 is 0 Å². The monoisotopic (exact) mass is 638 g/mol. The molecule has 0 bridgehead atoms. The van der Waals surface area contributed by atoms with E-state index in [9.17, 15) is 0 Å². The Kier molecular flexibility index (Phi) is 5.82. The molecule has 0 saturated carbocycles. The summed E-state index contributed by atoms with van der Waals surface area (Å²) in [5.41, 5.74) is 13.5. The molecule has 8 aromatic carbocycles. The van der Waals surface area contributed by atoms with Gasteiger partial charge in [-0.1, -0.05) is 133 Å². The molecular weight excluding hydrogens is 609 g/mol. The Hall–Kier alpha value is -6.38. The van der Waals surface area contributed by atoms with Gasteiger partial charge in [0.25, 0.3) is 0 Å². The van der Waals surface area contributed by atoms with E-state index >= 15 is 0 Å². The first-order valence-electron chi connectivity index (χ1n) is 17.4. The molecule has 0 aliphatic heterocycles. The van der Waals surface area contributed by atoms with Crippen LogP contribution in [0, 0.1) is 0 Å². The van der Waals surface area contributed by atoms with E-state index in [4.69, 9.17) is 8.83 Å². The van der Waals surface area contributed by atoms with E-state index in [1.165, 1.54) is 60.5 Å². The molecule has 2 aromatic heterocycles. The predicted molar refractivity (Wildman–Crippen MR) is 210 cm³/mol. The van der Waals surface area contributed by atoms with Crippen LogP contribution in [0.3, 0.4) is 0 Å². The lowest BCUT2D eigenvalue weighted by atomic mass is 9.84. The molecule has 0 saturated heterocycles. The highest BCUT2D eigenvalue weighted by molar-refractivity contribution is 6.29. The number of allylic oxidation sites excluding steroid dienone is 1. The first kappa shape index (κ1) is 27.6. The molecule has 11 rings (SSSR count). The highest BCUT2D eigenvalue weighted by Gasteiger charge is 2.24. The summed E-state index contributed by atoms with van der Waals surface area (Å²) in [7, 11) is 0. The van der Waals surface area contributed by atoms with Crippen molar-refractivity contribution in [1.29, 1.82) is 0 Å². The van der Waals surface area contributed by atoms with Gasteiger partial charge in [0.2, 0.25) is 0 Å². The lowest BCUT2D eigenvalue weighted by molar-refractivity contribution is 0.663. The fraction of sp³-hybridized carbons (Fsp3) is 0.0417. The van der Waals surface area contributed by atoms with Crippen LogP contribution in [0.1, 0.15) is 17.5 Å². The van der Waals surface area contributed by atoms with Crippen LogP contribution in [0.25, 0.3) is 105 Å². The summed E-state index contributed by atoms with van der Waals surface area (Å²) in [5, 5.41) is 9.11. The summed E-state index contributed by atoms with van der Waals surface area (Å²) >= 11 is 0. The average molecular weight is 639 g/mol. The highest BCUT2D eigenvalue weighted by atomic mass is 16.3. The zero-order valence-electron chi connectivity index (χ0n) is 27.2. The molecule has 0 amide bonds. The lowest BCUT2D eigenvalue weighted by Gasteiger charge is -2.19. The van der Waals surface area contributed by atoms with Gasteiger partial charge in [-0.25, -0.2) is 0 Å². The Morgan fingerprint density at radius 2 is 1.02 bits per heavy atom. The number of fused-ring (bicyclic) bond motifs is 10. The number of furan rings is 2. The Labute approximate surface area is 288 Å². The summed E-state index contributed by atoms with van der Waals surface area (Å²) in [5.74, 6) is 0. The quantitative estimate of drug-likeness (QED) is 0.180. The smallest absolute Gasteiger partial charge is 0.147 e. The van der Waals surface area contributed by atoms with E-state index < -0.39 is 0 Å². The van der Waals surface area contributed by atoms with Crippen molar-refractivity contribution < 1.29 is 8.83 Å². The fourth-order valence-corrected chi connectivity index (χ4v) is 8.54. The Morgan fingerprint density at radius 1 is 0.420 bits per heavy atom. The van der Waals surface area contributed by atoms with Gasteiger partial charge in [0.15, 0.2) is 0 Å². The molecule has 1 aliphatic carbocycles. The van der Waals surface area contributed by atoms with Crippen LogP contribution in [0.4, 0.5) is 0 Å². The van der Waals surface area contributed by atoms with Crippen molar-refractivity contribution in [2.24, 2.45) is 0 Å². The third kappa shape index (κ3) is 3.90. The molecule has 234 valence electrons. The van der Waals surface area contributed by atoms with Gasteiger partial charge < -0.3 is 8.83 Å². The van der Waals surface area contributed by atoms with Gasteiger partial charge in [-0.15, -0.1) is 0 Å². The van der Waals surface area contributed by atoms with Crippen molar-refractivity contribution in [1.82, 2.24) is 0 Å². The molecule has 0 fully saturated rings. The molecule has 2 heterocycles. The minimum absolute atomic E-state index is 0.852. The van der Waals surface area contributed by atoms with Crippen molar-refractivity contribution >= 4 is 71.5 Å². The fourth-order valence-electron chi connectivity index (χ4n) is 8.54. The third-order valence-electron chi connectivity index (χ3n) is 10.7. The standard InChI is InChI=1S/C48H30O2/c1-2-17-32-29(13-1)14-12-24-33(32)30-15-11-16-31(27-30)44-35-19-3-5-21-37(35)45(38-22-6-4-20-36(38)44)41-28-40-34-18-7-9-25-42(34)49-47(40)46-39-23-8-10-26-43(39)50-48(41)46/h2-12,14-28H,1,13H2. The largest absolute Gasteiger partial charge is 0.455 e. The summed E-state index contributed by atoms with van der Waals surface area (Å²) < 4.78 is 13.4. The van der Waals surface area contributed by atoms with E-state index in [0.29, 0.717) is 0 Å². The van der Waals surface area contributed by atoms with Gasteiger partial charge in [-0.05, 0) is 92.0 Å². The van der Waals surface area contributed by atoms with Crippen LogP contribution in [-0.2, 0) is 6.42 Å². The second-order valence-corrected chi connectivity index (χ2v) is 13.4. The van der Waals surface area contributed by atoms with Crippen LogP contribution in [-0.4, -0.2) is 0 Å². The number of benzene rings is 8. The molecule has 0 spiro atoms. The molecule has 1 aliphatic rings. The van der Waals surface area contributed by atoms with Crippen LogP contribution in [0.2, 0.25) is 0 Å². The molecule has 0 N–H and O–H groups in total. The SMILES string of the molecule is C1=Cc2c(cccc2-c2cccc(-c3c4ccccc4c(-c4cc5c6ccccc6oc5c5c4oc4ccccc45)c4ccccc34)c2)CC1. The van der Waals surface area contributed by atoms with Crippen LogP contribution < -0.4 is 0 Å². The zero-order chi connectivity index (χ0) is 32.8. The molecule has 0 radical (unpaired) electrons. The number of hydrogen-bond acceptors (Lipinski definition) is 2. The molecule has 2 nitrogen and oxygen atoms in total. The minimum Gasteiger partial charge on any atom is -0.455 e. The van der Waals surface area contributed by atoms with E-state index in [1.807, 2.05) is 12.1 Å². The summed E-state index contributed by atoms with van der Waals surface area (Å²) in [6.45, 7) is 0. The lowest BCUT2D eigenvalue weighted by Crippen LogP contribution is -1.96. The van der Waals surface area contributed by atoms with Gasteiger partial charge >= 0.3 is 0 Å². The number of aryl methyl sites for hydroxylation is 1. The van der Waals surface area contributed by atoms with Gasteiger partial charge in [0.1, 0.15) is 22.3 Å². The summed E-state index contributed by atoms with van der Waals surface area (Å²) in [6.07, 6.45) is 6.80. The number of para-hydroxylation sites is 2. The first-order chi connectivity index (χ1) is 24.8. The van der Waals surface area contributed by atoms with Crippen LogP contribution in [0.15, 0.2) is 161 Å². The van der Waals surface area contributed by atoms with Crippen molar-refractivity contribution in [2.45, 2.75) is 12.8 Å². The molecular formula is C48H30O2. The highest BCUT2D eigenvalue weighted by Crippen LogP contribution is 2.49. The predicted octanol–water partition coefficient (Wildman–Crippen LogP) is 13.8. The summed E-state index contributed by atoms with van der Waals surface area (Å²) in [4.78, 5) is 0. The number of rotatable bonds is 3. The van der Waals surface area contributed by atoms with Gasteiger partial charge in [0, 0.05) is 27.3 Å². The Morgan fingerprint density at radius 3 is 1.78 bits per heavy atom. The van der Waals surface area contributed by atoms with Gasteiger partial charge in [-0.2, -0.15) is 0 Å². The van der Waals surface area contributed by atoms with E-state index in [0.717, 1.165) is 62.3 Å². The second kappa shape index (κ2) is 10.6. The molecule has 50 heavy (non-hydrogen) atoms. The average Bonchev–Trinajstić information content (AvgIpc) is 3.75. The first-order valence-corrected chi connectivity index (χ1v) is 17.4. The topological polar surface area (TPSA) is 26.3 Å². The van der Waals surface area contributed by atoms with E-state index in [-0.39, 0.29) is 0 Å². The Balaban J connectivity index is 1.25. The van der Waals surface area contributed by atoms with Gasteiger partial charge in [0.05, 0.1) is 5.39 Å². The van der Waals surface area contributed by atoms with Gasteiger partial charge in [-0.3, -0.25) is 0 Å². The summed E-state index contributed by atoms with van der Waals surface area (Å²) in [6, 6.07) is 52.6. The van der Waals surface area contributed by atoms with E-state index in [2.05, 4.69) is 146 Å². The molecule has 0 atom stereocenters. The maximum atomic E-state index is 6.80. The number of hydrogen-bond donors (Lipinski definition) is 0. The normalized spacial score (nSPS) is 13.0. The van der Waals surface area contributed by atoms with Crippen LogP contribution in [0.5, 0.6) is 0 Å². The molecule has 2 heteroatoms. The second-order valence-electron chi connectivity index (χ2n) is 13.4. The minimum atomic E-state index is 0.852. The third-order valence-corrected chi connectivity index (χ3v) is 10.7. The maximum absolute atomic E-state index is 6.80. The Bertz CT molecular complexity index is 2980. The maximum Gasteiger partial charge on any atom is 0.147 e. The van der Waals surface area contributed by atoms with E-state index in [1.54, 1.807) is 0 Å². The molecule has 10 aromatic rings. The van der Waals surface area contributed by atoms with Crippen molar-refractivity contribution in [3.8, 4) is 33.4 Å².